The summed E-state index contributed by atoms with van der Waals surface area (Å²) in [5, 5.41) is 0. The van der Waals surface area contributed by atoms with Gasteiger partial charge in [-0.3, -0.25) is 0 Å². The van der Waals surface area contributed by atoms with Crippen LogP contribution in [0.3, 0.4) is 0 Å². The highest BCUT2D eigenvalue weighted by Crippen LogP contribution is 2.23. The summed E-state index contributed by atoms with van der Waals surface area (Å²) in [4.78, 5) is 4.31. The van der Waals surface area contributed by atoms with Crippen molar-refractivity contribution in [3.05, 3.63) is 41.7 Å². The number of aromatic nitrogens is 1. The Hall–Kier alpha value is -1.75. The molecule has 1 aromatic carbocycles. The largest absolute Gasteiger partial charge is 0.438 e. The highest BCUT2D eigenvalue weighted by Gasteiger charge is 2.15. The second-order valence-corrected chi connectivity index (χ2v) is 3.72. The van der Waals surface area contributed by atoms with Gasteiger partial charge in [-0.15, -0.1) is 0 Å². The highest BCUT2D eigenvalue weighted by atomic mass is 32.1. The van der Waals surface area contributed by atoms with Gasteiger partial charge in [-0.05, 0) is 24.3 Å². The molecule has 5 heteroatoms. The molecule has 0 fully saturated rings. The molecular weight excluding hydrogens is 227 g/mol. The molecule has 0 aliphatic heterocycles. The molecule has 0 radical (unpaired) electrons. The summed E-state index contributed by atoms with van der Waals surface area (Å²) in [5.41, 5.74) is 6.79. The van der Waals surface area contributed by atoms with Crippen molar-refractivity contribution in [1.82, 2.24) is 4.98 Å². The van der Waals surface area contributed by atoms with Crippen molar-refractivity contribution >= 4 is 17.2 Å². The zero-order valence-electron chi connectivity index (χ0n) is 8.53. The van der Waals surface area contributed by atoms with E-state index in [1.165, 1.54) is 12.1 Å². The van der Waals surface area contributed by atoms with E-state index in [9.17, 15) is 4.39 Å². The van der Waals surface area contributed by atoms with E-state index in [0.29, 0.717) is 17.3 Å². The SMILES string of the molecule is Cc1nc(-c2ccc(F)cc2)c(C(N)=S)o1. The fourth-order valence-corrected chi connectivity index (χ4v) is 1.54. The summed E-state index contributed by atoms with van der Waals surface area (Å²) in [6.07, 6.45) is 0. The smallest absolute Gasteiger partial charge is 0.192 e. The van der Waals surface area contributed by atoms with Crippen molar-refractivity contribution in [3.63, 3.8) is 0 Å². The van der Waals surface area contributed by atoms with Crippen LogP contribution < -0.4 is 5.73 Å². The summed E-state index contributed by atoms with van der Waals surface area (Å²) in [6, 6.07) is 5.91. The lowest BCUT2D eigenvalue weighted by Gasteiger charge is -1.98. The van der Waals surface area contributed by atoms with Crippen LogP contribution in [0.2, 0.25) is 0 Å². The number of hydrogen-bond acceptors (Lipinski definition) is 3. The van der Waals surface area contributed by atoms with E-state index in [2.05, 4.69) is 4.98 Å². The first-order valence-electron chi connectivity index (χ1n) is 4.61. The normalized spacial score (nSPS) is 10.4. The minimum absolute atomic E-state index is 0.139. The maximum atomic E-state index is 12.8. The van der Waals surface area contributed by atoms with Gasteiger partial charge in [-0.1, -0.05) is 12.2 Å². The molecule has 0 amide bonds. The van der Waals surface area contributed by atoms with Crippen molar-refractivity contribution in [2.24, 2.45) is 5.73 Å². The lowest BCUT2D eigenvalue weighted by atomic mass is 10.1. The summed E-state index contributed by atoms with van der Waals surface area (Å²) < 4.78 is 18.1. The van der Waals surface area contributed by atoms with Crippen LogP contribution in [0.15, 0.2) is 28.7 Å². The van der Waals surface area contributed by atoms with E-state index in [0.717, 1.165) is 5.56 Å². The van der Waals surface area contributed by atoms with Gasteiger partial charge in [-0.2, -0.15) is 0 Å². The Morgan fingerprint density at radius 2 is 2.00 bits per heavy atom. The number of rotatable bonds is 2. The molecule has 0 bridgehead atoms. The average molecular weight is 236 g/mol. The number of hydrogen-bond donors (Lipinski definition) is 1. The first-order chi connectivity index (χ1) is 7.58. The van der Waals surface area contributed by atoms with E-state index in [1.807, 2.05) is 0 Å². The first-order valence-corrected chi connectivity index (χ1v) is 5.02. The molecule has 2 rings (SSSR count). The number of oxazole rings is 1. The summed E-state index contributed by atoms with van der Waals surface area (Å²) in [7, 11) is 0. The number of benzene rings is 1. The van der Waals surface area contributed by atoms with Gasteiger partial charge in [0.1, 0.15) is 16.5 Å². The molecule has 0 aliphatic carbocycles. The molecule has 1 heterocycles. The predicted molar refractivity (Wildman–Crippen MR) is 62.5 cm³/mol. The summed E-state index contributed by atoms with van der Waals surface area (Å²) in [6.45, 7) is 1.70. The van der Waals surface area contributed by atoms with Gasteiger partial charge in [0.2, 0.25) is 0 Å². The maximum Gasteiger partial charge on any atom is 0.192 e. The standard InChI is InChI=1S/C11H9FN2OS/c1-6-14-9(10(15-6)11(13)16)7-2-4-8(12)5-3-7/h2-5H,1H3,(H2,13,16). The second-order valence-electron chi connectivity index (χ2n) is 3.28. The predicted octanol–water partition coefficient (Wildman–Crippen LogP) is 2.42. The molecule has 0 saturated carbocycles. The zero-order valence-corrected chi connectivity index (χ0v) is 9.34. The fourth-order valence-electron chi connectivity index (χ4n) is 1.40. The number of halogens is 1. The van der Waals surface area contributed by atoms with Crippen LogP contribution in [0.5, 0.6) is 0 Å². The van der Waals surface area contributed by atoms with Crippen LogP contribution >= 0.6 is 12.2 Å². The number of nitrogens with zero attached hydrogens (tertiary/aromatic N) is 1. The fraction of sp³-hybridized carbons (Fsp3) is 0.0909. The highest BCUT2D eigenvalue weighted by molar-refractivity contribution is 7.80. The molecule has 1 aromatic heterocycles. The van der Waals surface area contributed by atoms with Gasteiger partial charge >= 0.3 is 0 Å². The topological polar surface area (TPSA) is 52.0 Å². The van der Waals surface area contributed by atoms with E-state index < -0.39 is 0 Å². The molecule has 0 saturated heterocycles. The quantitative estimate of drug-likeness (QED) is 0.813. The Morgan fingerprint density at radius 1 is 1.38 bits per heavy atom. The summed E-state index contributed by atoms with van der Waals surface area (Å²) in [5.74, 6) is 0.530. The second kappa shape index (κ2) is 4.02. The molecular formula is C11H9FN2OS. The van der Waals surface area contributed by atoms with Crippen molar-refractivity contribution < 1.29 is 8.81 Å². The Bertz CT molecular complexity index is 533. The lowest BCUT2D eigenvalue weighted by molar-refractivity contribution is 0.514. The first kappa shape index (κ1) is 10.8. The number of aryl methyl sites for hydroxylation is 1. The minimum Gasteiger partial charge on any atom is -0.438 e. The van der Waals surface area contributed by atoms with E-state index >= 15 is 0 Å². The molecule has 0 aliphatic rings. The molecule has 0 atom stereocenters. The van der Waals surface area contributed by atoms with Gasteiger partial charge in [0, 0.05) is 12.5 Å². The van der Waals surface area contributed by atoms with Crippen LogP contribution in [-0.4, -0.2) is 9.97 Å². The van der Waals surface area contributed by atoms with Crippen LogP contribution in [0.1, 0.15) is 11.7 Å². The third kappa shape index (κ3) is 1.94. The van der Waals surface area contributed by atoms with Crippen molar-refractivity contribution in [2.75, 3.05) is 0 Å². The van der Waals surface area contributed by atoms with E-state index in [1.54, 1.807) is 19.1 Å². The number of nitrogens with two attached hydrogens (primary N) is 1. The molecule has 0 spiro atoms. The van der Waals surface area contributed by atoms with E-state index in [-0.39, 0.29) is 10.8 Å². The minimum atomic E-state index is -0.305. The number of thiocarbonyl (C=S) groups is 1. The lowest BCUT2D eigenvalue weighted by Crippen LogP contribution is -2.09. The van der Waals surface area contributed by atoms with Gasteiger partial charge in [0.05, 0.1) is 0 Å². The Labute approximate surface area is 97.1 Å². The van der Waals surface area contributed by atoms with Gasteiger partial charge in [0.15, 0.2) is 11.7 Å². The van der Waals surface area contributed by atoms with Crippen molar-refractivity contribution in [3.8, 4) is 11.3 Å². The maximum absolute atomic E-state index is 12.8. The Balaban J connectivity index is 2.55. The monoisotopic (exact) mass is 236 g/mol. The van der Waals surface area contributed by atoms with Crippen LogP contribution in [-0.2, 0) is 0 Å². The van der Waals surface area contributed by atoms with Gasteiger partial charge in [-0.25, -0.2) is 9.37 Å². The van der Waals surface area contributed by atoms with Gasteiger partial charge in [0.25, 0.3) is 0 Å². The summed E-state index contributed by atoms with van der Waals surface area (Å²) >= 11 is 4.86. The molecule has 82 valence electrons. The van der Waals surface area contributed by atoms with Crippen molar-refractivity contribution in [1.29, 1.82) is 0 Å². The Kier molecular flexibility index (Phi) is 2.70. The molecule has 16 heavy (non-hydrogen) atoms. The third-order valence-corrected chi connectivity index (χ3v) is 2.26. The third-order valence-electron chi connectivity index (χ3n) is 2.08. The molecule has 3 nitrogen and oxygen atoms in total. The van der Waals surface area contributed by atoms with Crippen LogP contribution in [0.4, 0.5) is 4.39 Å². The average Bonchev–Trinajstić information content (AvgIpc) is 2.61. The zero-order chi connectivity index (χ0) is 11.7. The van der Waals surface area contributed by atoms with Gasteiger partial charge < -0.3 is 10.2 Å². The molecule has 2 N–H and O–H groups in total. The van der Waals surface area contributed by atoms with Crippen LogP contribution in [0.25, 0.3) is 11.3 Å². The van der Waals surface area contributed by atoms with Crippen LogP contribution in [0, 0.1) is 12.7 Å². The molecule has 2 aromatic rings. The van der Waals surface area contributed by atoms with Crippen molar-refractivity contribution in [2.45, 2.75) is 6.92 Å². The Morgan fingerprint density at radius 3 is 2.56 bits per heavy atom. The van der Waals surface area contributed by atoms with E-state index in [4.69, 9.17) is 22.4 Å². The molecule has 0 unspecified atom stereocenters.